The van der Waals surface area contributed by atoms with Crippen LogP contribution in [0.5, 0.6) is 0 Å². The monoisotopic (exact) mass is 324 g/mol. The van der Waals surface area contributed by atoms with Crippen LogP contribution in [0.4, 0.5) is 4.39 Å². The van der Waals surface area contributed by atoms with Gasteiger partial charge in [-0.1, -0.05) is 18.2 Å². The summed E-state index contributed by atoms with van der Waals surface area (Å²) < 4.78 is 13.0. The Bertz CT molecular complexity index is 782. The van der Waals surface area contributed by atoms with Crippen molar-refractivity contribution in [3.05, 3.63) is 54.1 Å². The fraction of sp³-hybridized carbons (Fsp3) is 0.278. The van der Waals surface area contributed by atoms with Gasteiger partial charge in [0.2, 0.25) is 0 Å². The number of pyridine rings is 1. The van der Waals surface area contributed by atoms with E-state index in [-0.39, 0.29) is 23.5 Å². The molecule has 0 spiro atoms. The van der Waals surface area contributed by atoms with E-state index in [9.17, 15) is 14.4 Å². The lowest BCUT2D eigenvalue weighted by molar-refractivity contribution is 0.0910. The topological polar surface area (TPSA) is 77.8 Å². The van der Waals surface area contributed by atoms with Crippen molar-refractivity contribution < 1.29 is 9.18 Å². The average molecular weight is 324 g/mol. The summed E-state index contributed by atoms with van der Waals surface area (Å²) in [6, 6.07) is 11.5. The molecule has 0 saturated carbocycles. The SMILES string of the molecule is C[C@H]1NCC[C@@]1(C#N)NC(=O)c1ccc(-c2ccc(F)cc2)cn1. The van der Waals surface area contributed by atoms with Crippen LogP contribution in [0.3, 0.4) is 0 Å². The standard InChI is InChI=1S/C18H17FN4O/c1-12-18(11-20,8-9-21-12)23-17(24)16-7-4-14(10-22-16)13-2-5-15(19)6-3-13/h2-7,10,12,21H,8-9H2,1H3,(H,23,24)/t12-,18+/m1/s1. The summed E-state index contributed by atoms with van der Waals surface area (Å²) in [4.78, 5) is 16.6. The highest BCUT2D eigenvalue weighted by atomic mass is 19.1. The molecule has 122 valence electrons. The molecule has 0 aliphatic carbocycles. The van der Waals surface area contributed by atoms with Gasteiger partial charge < -0.3 is 10.6 Å². The average Bonchev–Trinajstić information content (AvgIpc) is 2.96. The molecule has 5 nitrogen and oxygen atoms in total. The smallest absolute Gasteiger partial charge is 0.271 e. The summed E-state index contributed by atoms with van der Waals surface area (Å²) in [6.45, 7) is 2.56. The van der Waals surface area contributed by atoms with Crippen LogP contribution >= 0.6 is 0 Å². The van der Waals surface area contributed by atoms with E-state index in [0.29, 0.717) is 13.0 Å². The van der Waals surface area contributed by atoms with Gasteiger partial charge in [0.25, 0.3) is 5.91 Å². The molecule has 6 heteroatoms. The highest BCUT2D eigenvalue weighted by molar-refractivity contribution is 5.93. The van der Waals surface area contributed by atoms with Gasteiger partial charge in [0.05, 0.1) is 6.07 Å². The lowest BCUT2D eigenvalue weighted by Gasteiger charge is -2.26. The zero-order valence-corrected chi connectivity index (χ0v) is 13.2. The molecule has 1 aromatic carbocycles. The van der Waals surface area contributed by atoms with Gasteiger partial charge in [-0.3, -0.25) is 9.78 Å². The van der Waals surface area contributed by atoms with Crippen molar-refractivity contribution in [2.24, 2.45) is 0 Å². The maximum atomic E-state index is 13.0. The normalized spacial score (nSPS) is 22.8. The summed E-state index contributed by atoms with van der Waals surface area (Å²) in [6.07, 6.45) is 2.13. The van der Waals surface area contributed by atoms with Crippen molar-refractivity contribution in [2.75, 3.05) is 6.54 Å². The second-order valence-corrected chi connectivity index (χ2v) is 5.90. The van der Waals surface area contributed by atoms with E-state index >= 15 is 0 Å². The minimum Gasteiger partial charge on any atom is -0.331 e. The number of aromatic nitrogens is 1. The number of benzene rings is 1. The Morgan fingerprint density at radius 2 is 2.04 bits per heavy atom. The Labute approximate surface area is 139 Å². The van der Waals surface area contributed by atoms with Crippen molar-refractivity contribution in [1.82, 2.24) is 15.6 Å². The maximum Gasteiger partial charge on any atom is 0.271 e. The van der Waals surface area contributed by atoms with Gasteiger partial charge in [0.15, 0.2) is 0 Å². The van der Waals surface area contributed by atoms with E-state index in [0.717, 1.165) is 11.1 Å². The molecule has 1 aliphatic heterocycles. The van der Waals surface area contributed by atoms with E-state index < -0.39 is 5.54 Å². The van der Waals surface area contributed by atoms with Crippen LogP contribution in [0.1, 0.15) is 23.8 Å². The number of rotatable bonds is 3. The molecule has 2 N–H and O–H groups in total. The number of nitrogens with zero attached hydrogens (tertiary/aromatic N) is 2. The summed E-state index contributed by atoms with van der Waals surface area (Å²) in [5.74, 6) is -0.679. The van der Waals surface area contributed by atoms with Crippen LogP contribution in [0.25, 0.3) is 11.1 Å². The van der Waals surface area contributed by atoms with Gasteiger partial charge in [-0.15, -0.1) is 0 Å². The number of amides is 1. The number of hydrogen-bond donors (Lipinski definition) is 2. The van der Waals surface area contributed by atoms with Crippen LogP contribution in [0, 0.1) is 17.1 Å². The molecule has 1 aliphatic rings. The van der Waals surface area contributed by atoms with Crippen LogP contribution in [-0.4, -0.2) is 29.0 Å². The number of hydrogen-bond acceptors (Lipinski definition) is 4. The third-order valence-corrected chi connectivity index (χ3v) is 4.42. The number of carbonyl (C=O) groups excluding carboxylic acids is 1. The van der Waals surface area contributed by atoms with E-state index in [4.69, 9.17) is 0 Å². The molecule has 1 saturated heterocycles. The number of nitriles is 1. The fourth-order valence-electron chi connectivity index (χ4n) is 2.84. The van der Waals surface area contributed by atoms with Crippen LogP contribution < -0.4 is 10.6 Å². The first-order valence-corrected chi connectivity index (χ1v) is 7.73. The second-order valence-electron chi connectivity index (χ2n) is 5.90. The highest BCUT2D eigenvalue weighted by Crippen LogP contribution is 2.22. The Morgan fingerprint density at radius 3 is 2.58 bits per heavy atom. The third-order valence-electron chi connectivity index (χ3n) is 4.42. The predicted octanol–water partition coefficient (Wildman–Crippen LogP) is 2.26. The van der Waals surface area contributed by atoms with E-state index in [1.54, 1.807) is 30.5 Å². The van der Waals surface area contributed by atoms with Gasteiger partial charge in [0.1, 0.15) is 17.1 Å². The summed E-state index contributed by atoms with van der Waals surface area (Å²) in [5.41, 5.74) is 0.944. The van der Waals surface area contributed by atoms with Gasteiger partial charge in [-0.25, -0.2) is 4.39 Å². The van der Waals surface area contributed by atoms with Gasteiger partial charge in [-0.05, 0) is 43.7 Å². The molecule has 0 bridgehead atoms. The zero-order chi connectivity index (χ0) is 17.2. The number of nitrogens with one attached hydrogen (secondary N) is 2. The molecule has 1 amide bonds. The first-order valence-electron chi connectivity index (χ1n) is 7.73. The van der Waals surface area contributed by atoms with Gasteiger partial charge in [0, 0.05) is 17.8 Å². The van der Waals surface area contributed by atoms with Crippen molar-refractivity contribution in [3.63, 3.8) is 0 Å². The Morgan fingerprint density at radius 1 is 1.33 bits per heavy atom. The first kappa shape index (κ1) is 16.1. The predicted molar refractivity (Wildman–Crippen MR) is 87.5 cm³/mol. The molecular weight excluding hydrogens is 307 g/mol. The molecule has 2 atom stereocenters. The lowest BCUT2D eigenvalue weighted by atomic mass is 9.93. The summed E-state index contributed by atoms with van der Waals surface area (Å²) in [7, 11) is 0. The Balaban J connectivity index is 1.77. The molecule has 3 rings (SSSR count). The minimum absolute atomic E-state index is 0.120. The minimum atomic E-state index is -0.908. The van der Waals surface area contributed by atoms with Crippen LogP contribution in [0.2, 0.25) is 0 Å². The van der Waals surface area contributed by atoms with Gasteiger partial charge >= 0.3 is 0 Å². The molecule has 1 aromatic heterocycles. The molecule has 0 radical (unpaired) electrons. The molecule has 24 heavy (non-hydrogen) atoms. The van der Waals surface area contributed by atoms with Crippen LogP contribution in [-0.2, 0) is 0 Å². The second kappa shape index (κ2) is 6.38. The largest absolute Gasteiger partial charge is 0.331 e. The summed E-state index contributed by atoms with van der Waals surface area (Å²) >= 11 is 0. The summed E-state index contributed by atoms with van der Waals surface area (Å²) in [5, 5.41) is 15.4. The Hall–Kier alpha value is -2.78. The van der Waals surface area contributed by atoms with E-state index in [1.165, 1.54) is 12.1 Å². The Kier molecular flexibility index (Phi) is 4.28. The molecule has 2 aromatic rings. The van der Waals surface area contributed by atoms with Gasteiger partial charge in [-0.2, -0.15) is 5.26 Å². The lowest BCUT2D eigenvalue weighted by Crippen LogP contribution is -2.54. The van der Waals surface area contributed by atoms with Crippen LogP contribution in [0.15, 0.2) is 42.6 Å². The molecule has 0 unspecified atom stereocenters. The quantitative estimate of drug-likeness (QED) is 0.908. The van der Waals surface area contributed by atoms with E-state index in [1.807, 2.05) is 6.92 Å². The first-order chi connectivity index (χ1) is 11.5. The van der Waals surface area contributed by atoms with Crippen molar-refractivity contribution in [2.45, 2.75) is 24.9 Å². The molecule has 2 heterocycles. The maximum absolute atomic E-state index is 13.0. The highest BCUT2D eigenvalue weighted by Gasteiger charge is 2.42. The third kappa shape index (κ3) is 2.99. The van der Waals surface area contributed by atoms with E-state index in [2.05, 4.69) is 21.7 Å². The van der Waals surface area contributed by atoms with Crippen molar-refractivity contribution in [3.8, 4) is 17.2 Å². The molecular formula is C18H17FN4O. The number of carbonyl (C=O) groups is 1. The van der Waals surface area contributed by atoms with Crippen molar-refractivity contribution in [1.29, 1.82) is 5.26 Å². The van der Waals surface area contributed by atoms with Crippen molar-refractivity contribution >= 4 is 5.91 Å². The molecule has 1 fully saturated rings. The number of halogens is 1. The fourth-order valence-corrected chi connectivity index (χ4v) is 2.84. The zero-order valence-electron chi connectivity index (χ0n) is 13.2.